The van der Waals surface area contributed by atoms with Crippen LogP contribution in [0.15, 0.2) is 48.0 Å². The molecule has 1 aromatic rings. The van der Waals surface area contributed by atoms with E-state index in [-0.39, 0.29) is 70.4 Å². The molecule has 1 aliphatic rings. The summed E-state index contributed by atoms with van der Waals surface area (Å²) in [7, 11) is 3.28. The van der Waals surface area contributed by atoms with Gasteiger partial charge in [0, 0.05) is 101 Å². The molecule has 8 nitrogen and oxygen atoms in total. The third kappa shape index (κ3) is 16.2. The van der Waals surface area contributed by atoms with Crippen LogP contribution in [0.4, 0.5) is 0 Å². The number of fused-ring (bicyclic) bond motifs is 2. The van der Waals surface area contributed by atoms with E-state index in [2.05, 4.69) is 55.5 Å². The summed E-state index contributed by atoms with van der Waals surface area (Å²) >= 11 is 0. The normalized spacial score (nSPS) is 20.9. The third-order valence-corrected chi connectivity index (χ3v) is 6.43. The summed E-state index contributed by atoms with van der Waals surface area (Å²) in [6.45, 7) is 17.9. The summed E-state index contributed by atoms with van der Waals surface area (Å²) in [6, 6.07) is 3.78. The summed E-state index contributed by atoms with van der Waals surface area (Å²) in [5, 5.41) is 35.0. The fourth-order valence-corrected chi connectivity index (χ4v) is 4.20. The van der Waals surface area contributed by atoms with E-state index in [9.17, 15) is 10.2 Å². The van der Waals surface area contributed by atoms with Crippen LogP contribution < -0.4 is 26.0 Å². The molecule has 41 heavy (non-hydrogen) atoms. The van der Waals surface area contributed by atoms with Gasteiger partial charge in [0.15, 0.2) is 0 Å². The third-order valence-electron chi connectivity index (χ3n) is 6.43. The second-order valence-electron chi connectivity index (χ2n) is 11.3. The molecule has 0 radical (unpaired) electrons. The van der Waals surface area contributed by atoms with Gasteiger partial charge in [-0.15, -0.1) is 0 Å². The number of aliphatic hydroxyl groups is 1. The molecule has 228 valence electrons. The monoisotopic (exact) mass is 674 g/mol. The van der Waals surface area contributed by atoms with Crippen molar-refractivity contribution in [3.8, 4) is 11.5 Å². The number of hydrogen-bond donors (Lipinski definition) is 6. The van der Waals surface area contributed by atoms with E-state index >= 15 is 0 Å². The van der Waals surface area contributed by atoms with Gasteiger partial charge in [0.25, 0.3) is 0 Å². The van der Waals surface area contributed by atoms with Crippen LogP contribution in [0.2, 0.25) is 0 Å². The van der Waals surface area contributed by atoms with Gasteiger partial charge in [-0.05, 0) is 48.1 Å². The van der Waals surface area contributed by atoms with E-state index in [1.54, 1.807) is 14.2 Å². The van der Waals surface area contributed by atoms with Crippen LogP contribution in [0, 0.1) is 25.7 Å². The number of methoxy groups -OCH3 is 2. The standard InChI is InChI=1S/C29H48N4O4.2CH3.2Zn/c1-21(34)22-11-25(36-6)9-8-10-30-17-28(2,3)18-32-15-23-12-26(37-7)13-24(27(23)35)16-33-20-29(4,5)19-31-14-22;;;;/h9,11-13,30-35H,1,8,10,14-20H2,2-7H3;2*1H3;;/q;2*-1;;/b22-11-,25-9+;;;;. The molecule has 0 aliphatic carbocycles. The van der Waals surface area contributed by atoms with Crippen molar-refractivity contribution in [2.75, 3.05) is 53.5 Å². The number of phenolic OH excluding ortho intramolecular Hbond substituents is 1. The molecule has 0 aromatic heterocycles. The molecule has 0 saturated carbocycles. The molecule has 0 saturated heterocycles. The largest absolute Gasteiger partial charge is 0.508 e. The van der Waals surface area contributed by atoms with Crippen molar-refractivity contribution in [2.45, 2.75) is 47.2 Å². The Labute approximate surface area is 275 Å². The summed E-state index contributed by atoms with van der Waals surface area (Å²) < 4.78 is 11.0. The molecule has 1 aliphatic heterocycles. The molecule has 0 spiro atoms. The number of benzene rings is 1. The van der Waals surface area contributed by atoms with E-state index in [1.165, 1.54) is 0 Å². The molecule has 2 bridgehead atoms. The van der Waals surface area contributed by atoms with Crippen molar-refractivity contribution in [1.29, 1.82) is 0 Å². The van der Waals surface area contributed by atoms with Gasteiger partial charge in [-0.25, -0.2) is 0 Å². The predicted octanol–water partition coefficient (Wildman–Crippen LogP) is 4.64. The minimum atomic E-state index is -0.0745. The Bertz CT molecular complexity index is 966. The number of nitrogens with one attached hydrogen (secondary N) is 4. The minimum absolute atomic E-state index is 0. The zero-order valence-corrected chi connectivity index (χ0v) is 32.9. The minimum Gasteiger partial charge on any atom is -0.508 e. The Balaban J connectivity index is -0.00000361. The first-order valence-electron chi connectivity index (χ1n) is 13.0. The summed E-state index contributed by atoms with van der Waals surface area (Å²) in [5.41, 5.74) is 2.26. The fraction of sp³-hybridized carbons (Fsp3) is 0.548. The second-order valence-corrected chi connectivity index (χ2v) is 11.3. The molecule has 0 fully saturated rings. The zero-order valence-electron chi connectivity index (χ0n) is 27.0. The maximum atomic E-state index is 11.0. The number of ether oxygens (including phenoxy) is 2. The molecular weight excluding hydrogens is 623 g/mol. The Morgan fingerprint density at radius 3 is 1.71 bits per heavy atom. The SMILES string of the molecule is C=C(O)/C1=C\C(OC)=C/CCNCC(C)(C)CNCc2cc(OC)cc(c2O)CNCC(C)(C)CNC1.[CH3-].[CH3-].[Zn].[Zn]. The van der Waals surface area contributed by atoms with Gasteiger partial charge in [-0.2, -0.15) is 0 Å². The van der Waals surface area contributed by atoms with E-state index < -0.39 is 0 Å². The first kappa shape index (κ1) is 44.2. The van der Waals surface area contributed by atoms with E-state index in [0.717, 1.165) is 56.0 Å². The van der Waals surface area contributed by atoms with E-state index in [4.69, 9.17) is 9.47 Å². The summed E-state index contributed by atoms with van der Waals surface area (Å²) in [5.74, 6) is 1.76. The second kappa shape index (κ2) is 21.4. The van der Waals surface area contributed by atoms with Crippen LogP contribution in [0.5, 0.6) is 11.5 Å². The van der Waals surface area contributed by atoms with Gasteiger partial charge in [-0.1, -0.05) is 34.3 Å². The number of aliphatic hydroxyl groups excluding tert-OH is 1. The first-order valence-corrected chi connectivity index (χ1v) is 13.0. The summed E-state index contributed by atoms with van der Waals surface area (Å²) in [6.07, 6.45) is 4.65. The van der Waals surface area contributed by atoms with Gasteiger partial charge in [0.1, 0.15) is 23.0 Å². The van der Waals surface area contributed by atoms with E-state index in [0.29, 0.717) is 36.7 Å². The predicted molar refractivity (Wildman–Crippen MR) is 164 cm³/mol. The quantitative estimate of drug-likeness (QED) is 0.156. The molecule has 2 rings (SSSR count). The van der Waals surface area contributed by atoms with Gasteiger partial charge >= 0.3 is 0 Å². The number of hydrogen-bond acceptors (Lipinski definition) is 8. The summed E-state index contributed by atoms with van der Waals surface area (Å²) in [4.78, 5) is 0. The van der Waals surface area contributed by atoms with E-state index in [1.807, 2.05) is 24.3 Å². The van der Waals surface area contributed by atoms with Crippen molar-refractivity contribution in [1.82, 2.24) is 21.3 Å². The Morgan fingerprint density at radius 1 is 0.805 bits per heavy atom. The van der Waals surface area contributed by atoms with Crippen molar-refractivity contribution >= 4 is 0 Å². The Hall–Kier alpha value is -1.27. The van der Waals surface area contributed by atoms with Crippen molar-refractivity contribution in [2.24, 2.45) is 10.8 Å². The van der Waals surface area contributed by atoms with Crippen LogP contribution in [0.3, 0.4) is 0 Å². The maximum Gasteiger partial charge on any atom is 0.124 e. The first-order chi connectivity index (χ1) is 17.5. The maximum absolute atomic E-state index is 11.0. The average Bonchev–Trinajstić information content (AvgIpc) is 2.83. The van der Waals surface area contributed by atoms with Crippen LogP contribution in [-0.4, -0.2) is 63.7 Å². The smallest absolute Gasteiger partial charge is 0.124 e. The molecule has 6 N–H and O–H groups in total. The van der Waals surface area contributed by atoms with Crippen LogP contribution in [-0.2, 0) is 56.8 Å². The average molecular weight is 678 g/mol. The van der Waals surface area contributed by atoms with Gasteiger partial charge in [0.05, 0.1) is 14.2 Å². The Morgan fingerprint density at radius 2 is 1.27 bits per heavy atom. The molecule has 1 aromatic carbocycles. The molecule has 1 heterocycles. The van der Waals surface area contributed by atoms with Gasteiger partial charge < -0.3 is 55.8 Å². The van der Waals surface area contributed by atoms with Gasteiger partial charge in [-0.3, -0.25) is 0 Å². The molecule has 0 unspecified atom stereocenters. The van der Waals surface area contributed by atoms with Crippen LogP contribution in [0.25, 0.3) is 0 Å². The number of aromatic hydroxyl groups is 1. The van der Waals surface area contributed by atoms with Gasteiger partial charge in [0.2, 0.25) is 0 Å². The van der Waals surface area contributed by atoms with Crippen LogP contribution in [0.1, 0.15) is 45.2 Å². The Kier molecular flexibility index (Phi) is 23.1. The molecule has 10 heteroatoms. The molecule has 0 atom stereocenters. The zero-order chi connectivity index (χ0) is 27.5. The van der Waals surface area contributed by atoms with Crippen molar-refractivity contribution in [3.05, 3.63) is 73.9 Å². The fourth-order valence-electron chi connectivity index (χ4n) is 4.20. The van der Waals surface area contributed by atoms with Crippen molar-refractivity contribution < 1.29 is 58.6 Å². The molecular formula is C31H54N4O4Zn2-2. The topological polar surface area (TPSA) is 107 Å². The number of phenols is 1. The number of allylic oxidation sites excluding steroid dienone is 1. The number of rotatable bonds is 3. The van der Waals surface area contributed by atoms with Crippen molar-refractivity contribution in [3.63, 3.8) is 0 Å². The van der Waals surface area contributed by atoms with Crippen LogP contribution >= 0.6 is 0 Å². The molecule has 0 amide bonds.